The minimum absolute atomic E-state index is 0.880. The van der Waals surface area contributed by atoms with Gasteiger partial charge in [-0.25, -0.2) is 0 Å². The zero-order valence-corrected chi connectivity index (χ0v) is 8.46. The molecule has 2 rings (SSSR count). The molecule has 0 N–H and O–H groups in total. The minimum Gasteiger partial charge on any atom is -0.497 e. The number of rotatable bonds is 2. The predicted octanol–water partition coefficient (Wildman–Crippen LogP) is 2.41. The van der Waals surface area contributed by atoms with E-state index in [9.17, 15) is 0 Å². The quantitative estimate of drug-likeness (QED) is 0.753. The average Bonchev–Trinajstić information content (AvgIpc) is 2.88. The maximum atomic E-state index is 4.98. The van der Waals surface area contributed by atoms with Crippen LogP contribution in [0, 0.1) is 0 Å². The largest absolute Gasteiger partial charge is 0.497 e. The fourth-order valence-corrected chi connectivity index (χ4v) is 0.876. The Balaban J connectivity index is 0.000000187. The summed E-state index contributed by atoms with van der Waals surface area (Å²) in [6.07, 6.45) is 4.33. The van der Waals surface area contributed by atoms with Gasteiger partial charge in [-0.3, -0.25) is 0 Å². The number of nitrogens with zero attached hydrogens (tertiary/aromatic N) is 2. The SMILES string of the molecule is C=Cc1ccc(OC)cc1.c1nnco1. The first-order valence-corrected chi connectivity index (χ1v) is 4.32. The van der Waals surface area contributed by atoms with Crippen LogP contribution in [-0.4, -0.2) is 17.3 Å². The van der Waals surface area contributed by atoms with Gasteiger partial charge in [0.25, 0.3) is 0 Å². The van der Waals surface area contributed by atoms with E-state index in [0.717, 1.165) is 11.3 Å². The highest BCUT2D eigenvalue weighted by atomic mass is 16.5. The van der Waals surface area contributed by atoms with E-state index in [2.05, 4.69) is 21.2 Å². The summed E-state index contributed by atoms with van der Waals surface area (Å²) in [6, 6.07) is 7.76. The molecule has 1 heterocycles. The van der Waals surface area contributed by atoms with Crippen molar-refractivity contribution in [1.82, 2.24) is 10.2 Å². The number of ether oxygens (including phenoxy) is 1. The first-order chi connectivity index (χ1) is 7.36. The molecule has 0 radical (unpaired) electrons. The van der Waals surface area contributed by atoms with Crippen molar-refractivity contribution in [2.24, 2.45) is 0 Å². The molecule has 0 unspecified atom stereocenters. The molecular formula is C11H12N2O2. The Morgan fingerprint density at radius 2 is 1.80 bits per heavy atom. The number of aromatic nitrogens is 2. The van der Waals surface area contributed by atoms with E-state index < -0.39 is 0 Å². The van der Waals surface area contributed by atoms with Crippen LogP contribution in [0.15, 0.2) is 48.0 Å². The summed E-state index contributed by atoms with van der Waals surface area (Å²) in [5.41, 5.74) is 1.11. The van der Waals surface area contributed by atoms with Gasteiger partial charge in [-0.05, 0) is 17.7 Å². The van der Waals surface area contributed by atoms with Crippen molar-refractivity contribution in [3.05, 3.63) is 49.2 Å². The lowest BCUT2D eigenvalue weighted by molar-refractivity contribution is 0.415. The Bertz CT molecular complexity index is 351. The maximum Gasteiger partial charge on any atom is 0.203 e. The molecule has 78 valence electrons. The molecule has 0 amide bonds. The van der Waals surface area contributed by atoms with Crippen LogP contribution >= 0.6 is 0 Å². The van der Waals surface area contributed by atoms with Gasteiger partial charge < -0.3 is 9.15 Å². The molecule has 0 bridgehead atoms. The summed E-state index contributed by atoms with van der Waals surface area (Å²) < 4.78 is 9.34. The fraction of sp³-hybridized carbons (Fsp3) is 0.0909. The average molecular weight is 204 g/mol. The van der Waals surface area contributed by atoms with Gasteiger partial charge in [0.1, 0.15) is 5.75 Å². The van der Waals surface area contributed by atoms with E-state index in [1.807, 2.05) is 24.3 Å². The Morgan fingerprint density at radius 3 is 2.13 bits per heavy atom. The molecule has 0 aliphatic rings. The molecule has 15 heavy (non-hydrogen) atoms. The maximum absolute atomic E-state index is 4.98. The van der Waals surface area contributed by atoms with Crippen molar-refractivity contribution in [2.75, 3.05) is 7.11 Å². The lowest BCUT2D eigenvalue weighted by atomic mass is 10.2. The van der Waals surface area contributed by atoms with Gasteiger partial charge in [0, 0.05) is 0 Å². The van der Waals surface area contributed by atoms with E-state index in [0.29, 0.717) is 0 Å². The van der Waals surface area contributed by atoms with Crippen molar-refractivity contribution in [1.29, 1.82) is 0 Å². The molecule has 0 spiro atoms. The van der Waals surface area contributed by atoms with E-state index in [1.165, 1.54) is 12.8 Å². The second-order valence-corrected chi connectivity index (χ2v) is 2.56. The van der Waals surface area contributed by atoms with E-state index in [1.54, 1.807) is 13.2 Å². The third-order valence-electron chi connectivity index (χ3n) is 1.63. The number of hydrogen-bond donors (Lipinski definition) is 0. The lowest BCUT2D eigenvalue weighted by Crippen LogP contribution is -1.80. The second kappa shape index (κ2) is 6.37. The monoisotopic (exact) mass is 204 g/mol. The van der Waals surface area contributed by atoms with Gasteiger partial charge >= 0.3 is 0 Å². The smallest absolute Gasteiger partial charge is 0.203 e. The van der Waals surface area contributed by atoms with Crippen molar-refractivity contribution in [3.8, 4) is 5.75 Å². The van der Waals surface area contributed by atoms with Crippen LogP contribution in [0.2, 0.25) is 0 Å². The van der Waals surface area contributed by atoms with Gasteiger partial charge in [-0.1, -0.05) is 24.8 Å². The van der Waals surface area contributed by atoms with Crippen LogP contribution in [0.4, 0.5) is 0 Å². The molecule has 0 saturated carbocycles. The zero-order chi connectivity index (χ0) is 10.9. The van der Waals surface area contributed by atoms with E-state index >= 15 is 0 Å². The molecular weight excluding hydrogens is 192 g/mol. The van der Waals surface area contributed by atoms with Crippen molar-refractivity contribution in [3.63, 3.8) is 0 Å². The Hall–Kier alpha value is -2.10. The summed E-state index contributed by atoms with van der Waals surface area (Å²) in [4.78, 5) is 0. The lowest BCUT2D eigenvalue weighted by Gasteiger charge is -1.97. The normalized spacial score (nSPS) is 8.60. The number of hydrogen-bond acceptors (Lipinski definition) is 4. The van der Waals surface area contributed by atoms with Crippen LogP contribution in [0.3, 0.4) is 0 Å². The topological polar surface area (TPSA) is 48.2 Å². The Kier molecular flexibility index (Phi) is 4.66. The zero-order valence-electron chi connectivity index (χ0n) is 8.46. The molecule has 4 nitrogen and oxygen atoms in total. The van der Waals surface area contributed by atoms with Crippen LogP contribution in [0.25, 0.3) is 6.08 Å². The fourth-order valence-electron chi connectivity index (χ4n) is 0.876. The van der Waals surface area contributed by atoms with Crippen LogP contribution in [0.5, 0.6) is 5.75 Å². The van der Waals surface area contributed by atoms with Crippen LogP contribution in [-0.2, 0) is 0 Å². The van der Waals surface area contributed by atoms with Crippen molar-refractivity contribution < 1.29 is 9.15 Å². The minimum atomic E-state index is 0.880. The Morgan fingerprint density at radius 1 is 1.20 bits per heavy atom. The second-order valence-electron chi connectivity index (χ2n) is 2.56. The number of benzene rings is 1. The van der Waals surface area contributed by atoms with Crippen LogP contribution < -0.4 is 4.74 Å². The van der Waals surface area contributed by atoms with E-state index in [-0.39, 0.29) is 0 Å². The van der Waals surface area contributed by atoms with Crippen molar-refractivity contribution in [2.45, 2.75) is 0 Å². The molecule has 0 fully saturated rings. The highest BCUT2D eigenvalue weighted by Gasteiger charge is 1.87. The van der Waals surface area contributed by atoms with Gasteiger partial charge in [-0.2, -0.15) is 0 Å². The van der Waals surface area contributed by atoms with Gasteiger partial charge in [-0.15, -0.1) is 10.2 Å². The van der Waals surface area contributed by atoms with Crippen molar-refractivity contribution >= 4 is 6.08 Å². The molecule has 0 atom stereocenters. The molecule has 0 aliphatic carbocycles. The van der Waals surface area contributed by atoms with Gasteiger partial charge in [0.15, 0.2) is 0 Å². The van der Waals surface area contributed by atoms with Gasteiger partial charge in [0.05, 0.1) is 7.11 Å². The molecule has 0 aliphatic heterocycles. The molecule has 0 saturated heterocycles. The summed E-state index contributed by atoms with van der Waals surface area (Å²) in [5, 5.41) is 6.61. The summed E-state index contributed by atoms with van der Waals surface area (Å²) in [6.45, 7) is 3.65. The first-order valence-electron chi connectivity index (χ1n) is 4.32. The number of methoxy groups -OCH3 is 1. The third-order valence-corrected chi connectivity index (χ3v) is 1.63. The highest BCUT2D eigenvalue weighted by molar-refractivity contribution is 5.48. The first kappa shape index (κ1) is 11.0. The molecule has 4 heteroatoms. The molecule has 1 aromatic carbocycles. The molecule has 2 aromatic rings. The molecule has 1 aromatic heterocycles. The van der Waals surface area contributed by atoms with E-state index in [4.69, 9.17) is 4.74 Å². The summed E-state index contributed by atoms with van der Waals surface area (Å²) >= 11 is 0. The summed E-state index contributed by atoms with van der Waals surface area (Å²) in [5.74, 6) is 0.880. The standard InChI is InChI=1S/C9H10O.C2H2N2O/c1-3-8-4-6-9(10-2)7-5-8;1-3-4-2-5-1/h3-7H,1H2,2H3;1-2H. The van der Waals surface area contributed by atoms with Gasteiger partial charge in [0.2, 0.25) is 12.8 Å². The predicted molar refractivity (Wildman–Crippen MR) is 57.4 cm³/mol. The Labute approximate surface area is 88.2 Å². The highest BCUT2D eigenvalue weighted by Crippen LogP contribution is 2.11. The third kappa shape index (κ3) is 4.08. The van der Waals surface area contributed by atoms with Crippen LogP contribution in [0.1, 0.15) is 5.56 Å². The summed E-state index contributed by atoms with van der Waals surface area (Å²) in [7, 11) is 1.66.